The Morgan fingerprint density at radius 2 is 1.90 bits per heavy atom. The van der Waals surface area contributed by atoms with E-state index in [4.69, 9.17) is 4.52 Å². The second kappa shape index (κ2) is 5.31. The third-order valence-electron chi connectivity index (χ3n) is 2.61. The molecule has 0 aliphatic rings. The monoisotopic (exact) mass is 266 g/mol. The lowest BCUT2D eigenvalue weighted by molar-refractivity contribution is 0.101. The minimum Gasteiger partial charge on any atom is -0.355 e. The first-order chi connectivity index (χ1) is 9.83. The Bertz CT molecular complexity index is 710. The van der Waals surface area contributed by atoms with Gasteiger partial charge in [0.15, 0.2) is 11.5 Å². The highest BCUT2D eigenvalue weighted by Crippen LogP contribution is 2.19. The molecule has 0 unspecified atom stereocenters. The minimum absolute atomic E-state index is 0.202. The van der Waals surface area contributed by atoms with E-state index in [1.807, 2.05) is 6.07 Å². The van der Waals surface area contributed by atoms with E-state index in [1.165, 1.54) is 0 Å². The number of carbonyl (C=O) groups is 1. The maximum atomic E-state index is 12.0. The number of nitrogens with one attached hydrogen (secondary N) is 1. The molecular formula is C14H10N4O2. The minimum atomic E-state index is -0.350. The molecule has 1 N–H and O–H groups in total. The van der Waals surface area contributed by atoms with Crippen molar-refractivity contribution >= 4 is 11.6 Å². The molecule has 0 atom stereocenters. The SMILES string of the molecule is O=C(Nc1cccnc1)c1cc(-c2cccnc2)on1. The van der Waals surface area contributed by atoms with Crippen LogP contribution in [0, 0.1) is 0 Å². The average Bonchev–Trinajstić information content (AvgIpc) is 2.99. The highest BCUT2D eigenvalue weighted by molar-refractivity contribution is 6.03. The van der Waals surface area contributed by atoms with Crippen LogP contribution in [-0.2, 0) is 0 Å². The van der Waals surface area contributed by atoms with Crippen molar-refractivity contribution in [3.8, 4) is 11.3 Å². The second-order valence-electron chi connectivity index (χ2n) is 4.01. The van der Waals surface area contributed by atoms with E-state index in [0.717, 1.165) is 5.56 Å². The number of rotatable bonds is 3. The van der Waals surface area contributed by atoms with Gasteiger partial charge in [-0.25, -0.2) is 0 Å². The Hall–Kier alpha value is -3.02. The van der Waals surface area contributed by atoms with Crippen molar-refractivity contribution in [2.75, 3.05) is 5.32 Å². The van der Waals surface area contributed by atoms with Crippen molar-refractivity contribution in [3.63, 3.8) is 0 Å². The van der Waals surface area contributed by atoms with E-state index < -0.39 is 0 Å². The molecule has 3 heterocycles. The largest absolute Gasteiger partial charge is 0.355 e. The molecule has 3 aromatic heterocycles. The first-order valence-corrected chi connectivity index (χ1v) is 5.91. The smallest absolute Gasteiger partial charge is 0.277 e. The van der Waals surface area contributed by atoms with Crippen LogP contribution in [0.15, 0.2) is 59.6 Å². The zero-order valence-electron chi connectivity index (χ0n) is 10.4. The fourth-order valence-corrected chi connectivity index (χ4v) is 1.66. The number of hydrogen-bond donors (Lipinski definition) is 1. The molecule has 20 heavy (non-hydrogen) atoms. The molecular weight excluding hydrogens is 256 g/mol. The second-order valence-corrected chi connectivity index (χ2v) is 4.01. The Balaban J connectivity index is 1.79. The van der Waals surface area contributed by atoms with Gasteiger partial charge in [-0.15, -0.1) is 0 Å². The van der Waals surface area contributed by atoms with Gasteiger partial charge in [0.05, 0.1) is 11.9 Å². The molecule has 0 bridgehead atoms. The summed E-state index contributed by atoms with van der Waals surface area (Å²) in [6, 6.07) is 8.67. The van der Waals surface area contributed by atoms with E-state index in [9.17, 15) is 4.79 Å². The zero-order valence-corrected chi connectivity index (χ0v) is 10.4. The number of pyridine rings is 2. The van der Waals surface area contributed by atoms with E-state index in [2.05, 4.69) is 20.4 Å². The lowest BCUT2D eigenvalue weighted by atomic mass is 10.2. The van der Waals surface area contributed by atoms with Crippen LogP contribution in [0.4, 0.5) is 5.69 Å². The standard InChI is InChI=1S/C14H10N4O2/c19-14(17-11-4-2-6-16-9-11)12-7-13(20-18-12)10-3-1-5-15-8-10/h1-9H,(H,17,19). The van der Waals surface area contributed by atoms with Crippen LogP contribution in [0.5, 0.6) is 0 Å². The first kappa shape index (κ1) is 12.0. The molecule has 3 rings (SSSR count). The number of amides is 1. The Labute approximate surface area is 114 Å². The van der Waals surface area contributed by atoms with Crippen molar-refractivity contribution in [2.24, 2.45) is 0 Å². The average molecular weight is 266 g/mol. The molecule has 1 amide bonds. The third-order valence-corrected chi connectivity index (χ3v) is 2.61. The van der Waals surface area contributed by atoms with Crippen LogP contribution in [0.1, 0.15) is 10.5 Å². The highest BCUT2D eigenvalue weighted by atomic mass is 16.5. The molecule has 0 spiro atoms. The molecule has 0 radical (unpaired) electrons. The van der Waals surface area contributed by atoms with E-state index in [0.29, 0.717) is 11.4 Å². The van der Waals surface area contributed by atoms with Crippen LogP contribution in [0.25, 0.3) is 11.3 Å². The van der Waals surface area contributed by atoms with Gasteiger partial charge in [-0.1, -0.05) is 5.16 Å². The predicted octanol–water partition coefficient (Wildman–Crippen LogP) is 2.38. The van der Waals surface area contributed by atoms with Crippen molar-refractivity contribution in [3.05, 3.63) is 60.8 Å². The predicted molar refractivity (Wildman–Crippen MR) is 71.9 cm³/mol. The summed E-state index contributed by atoms with van der Waals surface area (Å²) < 4.78 is 5.14. The Morgan fingerprint density at radius 3 is 2.60 bits per heavy atom. The van der Waals surface area contributed by atoms with Gasteiger partial charge in [0.2, 0.25) is 0 Å². The van der Waals surface area contributed by atoms with Gasteiger partial charge in [-0.2, -0.15) is 0 Å². The lowest BCUT2D eigenvalue weighted by Gasteiger charge is -2.00. The fourth-order valence-electron chi connectivity index (χ4n) is 1.66. The summed E-state index contributed by atoms with van der Waals surface area (Å²) in [4.78, 5) is 19.9. The van der Waals surface area contributed by atoms with Crippen LogP contribution in [0.3, 0.4) is 0 Å². The van der Waals surface area contributed by atoms with Crippen molar-refractivity contribution in [2.45, 2.75) is 0 Å². The molecule has 0 aromatic carbocycles. The summed E-state index contributed by atoms with van der Waals surface area (Å²) in [6.45, 7) is 0. The normalized spacial score (nSPS) is 10.2. The molecule has 0 fully saturated rings. The van der Waals surface area contributed by atoms with Gasteiger partial charge < -0.3 is 9.84 Å². The molecule has 3 aromatic rings. The fraction of sp³-hybridized carbons (Fsp3) is 0. The van der Waals surface area contributed by atoms with Gasteiger partial charge >= 0.3 is 0 Å². The number of hydrogen-bond acceptors (Lipinski definition) is 5. The summed E-state index contributed by atoms with van der Waals surface area (Å²) in [7, 11) is 0. The summed E-state index contributed by atoms with van der Waals surface area (Å²) >= 11 is 0. The van der Waals surface area contributed by atoms with E-state index in [-0.39, 0.29) is 11.6 Å². The highest BCUT2D eigenvalue weighted by Gasteiger charge is 2.13. The first-order valence-electron chi connectivity index (χ1n) is 5.91. The Kier molecular flexibility index (Phi) is 3.20. The quantitative estimate of drug-likeness (QED) is 0.787. The Morgan fingerprint density at radius 1 is 1.10 bits per heavy atom. The summed E-state index contributed by atoms with van der Waals surface area (Å²) in [5, 5.41) is 6.44. The van der Waals surface area contributed by atoms with Crippen LogP contribution >= 0.6 is 0 Å². The summed E-state index contributed by atoms with van der Waals surface area (Å²) in [5.41, 5.74) is 1.57. The molecule has 6 heteroatoms. The third kappa shape index (κ3) is 2.54. The molecule has 0 saturated heterocycles. The van der Waals surface area contributed by atoms with Crippen molar-refractivity contribution in [1.82, 2.24) is 15.1 Å². The van der Waals surface area contributed by atoms with Gasteiger partial charge in [0.1, 0.15) is 0 Å². The van der Waals surface area contributed by atoms with E-state index in [1.54, 1.807) is 49.1 Å². The molecule has 6 nitrogen and oxygen atoms in total. The van der Waals surface area contributed by atoms with Gasteiger partial charge in [0, 0.05) is 30.2 Å². The number of aromatic nitrogens is 3. The zero-order chi connectivity index (χ0) is 13.8. The van der Waals surface area contributed by atoms with E-state index >= 15 is 0 Å². The lowest BCUT2D eigenvalue weighted by Crippen LogP contribution is -2.12. The number of anilines is 1. The number of carbonyl (C=O) groups excluding carboxylic acids is 1. The summed E-state index contributed by atoms with van der Waals surface area (Å²) in [5.74, 6) is 0.145. The summed E-state index contributed by atoms with van der Waals surface area (Å²) in [6.07, 6.45) is 6.49. The van der Waals surface area contributed by atoms with Crippen molar-refractivity contribution in [1.29, 1.82) is 0 Å². The van der Waals surface area contributed by atoms with Gasteiger partial charge in [-0.3, -0.25) is 14.8 Å². The van der Waals surface area contributed by atoms with Crippen LogP contribution < -0.4 is 5.32 Å². The molecule has 0 saturated carbocycles. The van der Waals surface area contributed by atoms with Gasteiger partial charge in [0.25, 0.3) is 5.91 Å². The van der Waals surface area contributed by atoms with Crippen LogP contribution in [0.2, 0.25) is 0 Å². The maximum absolute atomic E-state index is 12.0. The van der Waals surface area contributed by atoms with Crippen LogP contribution in [-0.4, -0.2) is 21.0 Å². The molecule has 0 aliphatic heterocycles. The number of nitrogens with zero attached hydrogens (tertiary/aromatic N) is 3. The maximum Gasteiger partial charge on any atom is 0.277 e. The molecule has 0 aliphatic carbocycles. The topological polar surface area (TPSA) is 80.9 Å². The van der Waals surface area contributed by atoms with Crippen molar-refractivity contribution < 1.29 is 9.32 Å². The van der Waals surface area contributed by atoms with Gasteiger partial charge in [-0.05, 0) is 24.3 Å². The molecule has 98 valence electrons.